The molecule has 17 heavy (non-hydrogen) atoms. The Kier molecular flexibility index (Phi) is 2.91. The Morgan fingerprint density at radius 2 is 2.29 bits per heavy atom. The maximum Gasteiger partial charge on any atom is 0.231 e. The van der Waals surface area contributed by atoms with Gasteiger partial charge in [0.25, 0.3) is 0 Å². The van der Waals surface area contributed by atoms with Crippen LogP contribution in [0.25, 0.3) is 0 Å². The third-order valence-electron chi connectivity index (χ3n) is 3.22. The molecule has 1 aliphatic rings. The van der Waals surface area contributed by atoms with Gasteiger partial charge < -0.3 is 10.0 Å². The summed E-state index contributed by atoms with van der Waals surface area (Å²) >= 11 is 0. The normalized spacial score (nSPS) is 18.1. The number of hydrogen-bond acceptors (Lipinski definition) is 4. The van der Waals surface area contributed by atoms with Gasteiger partial charge in [-0.1, -0.05) is 12.1 Å². The third-order valence-corrected chi connectivity index (χ3v) is 3.22. The second-order valence-electron chi connectivity index (χ2n) is 4.63. The third kappa shape index (κ3) is 2.04. The molecular formula is C12H17N3O2. The van der Waals surface area contributed by atoms with Gasteiger partial charge in [0, 0.05) is 19.3 Å². The molecule has 1 atom stereocenters. The Balaban J connectivity index is 2.36. The van der Waals surface area contributed by atoms with Gasteiger partial charge >= 0.3 is 0 Å². The van der Waals surface area contributed by atoms with Crippen molar-refractivity contribution in [2.24, 2.45) is 5.84 Å². The van der Waals surface area contributed by atoms with Crippen LogP contribution < -0.4 is 16.2 Å². The summed E-state index contributed by atoms with van der Waals surface area (Å²) in [5.74, 6) is 5.31. The van der Waals surface area contributed by atoms with E-state index >= 15 is 0 Å². The van der Waals surface area contributed by atoms with Gasteiger partial charge in [0.05, 0.1) is 6.42 Å². The summed E-state index contributed by atoms with van der Waals surface area (Å²) in [4.78, 5) is 13.2. The van der Waals surface area contributed by atoms with Crippen molar-refractivity contribution < 1.29 is 9.90 Å². The quantitative estimate of drug-likeness (QED) is 0.504. The second-order valence-corrected chi connectivity index (χ2v) is 4.63. The summed E-state index contributed by atoms with van der Waals surface area (Å²) in [5.41, 5.74) is 4.06. The lowest BCUT2D eigenvalue weighted by Crippen LogP contribution is -2.38. The maximum atomic E-state index is 11.5. The van der Waals surface area contributed by atoms with E-state index in [0.717, 1.165) is 16.8 Å². The average Bonchev–Trinajstić information content (AvgIpc) is 2.54. The summed E-state index contributed by atoms with van der Waals surface area (Å²) in [6.07, 6.45) is 0.395. The number of fused-ring (bicyclic) bond motifs is 1. The lowest BCUT2D eigenvalue weighted by molar-refractivity contribution is -0.117. The standard InChI is InChI=1S/C12H17N3O2/c1-12(17,7-14-13)9-3-4-10-8(5-9)6-11(16)15(10)2/h3-5,14,17H,6-7,13H2,1-2H3. The molecule has 0 aromatic heterocycles. The molecule has 0 spiro atoms. The van der Waals surface area contributed by atoms with Crippen molar-refractivity contribution in [3.63, 3.8) is 0 Å². The SMILES string of the molecule is CN1C(=O)Cc2cc(C(C)(O)CNN)ccc21. The van der Waals surface area contributed by atoms with E-state index in [0.29, 0.717) is 6.42 Å². The molecule has 1 heterocycles. The largest absolute Gasteiger partial charge is 0.384 e. The van der Waals surface area contributed by atoms with E-state index in [1.54, 1.807) is 18.9 Å². The number of nitrogens with two attached hydrogens (primary N) is 1. The molecule has 0 saturated heterocycles. The molecule has 5 nitrogen and oxygen atoms in total. The van der Waals surface area contributed by atoms with Gasteiger partial charge in [-0.2, -0.15) is 0 Å². The van der Waals surface area contributed by atoms with Crippen molar-refractivity contribution in [3.8, 4) is 0 Å². The highest BCUT2D eigenvalue weighted by Gasteiger charge is 2.28. The fourth-order valence-corrected chi connectivity index (χ4v) is 2.11. The van der Waals surface area contributed by atoms with Crippen LogP contribution in [0.2, 0.25) is 0 Å². The lowest BCUT2D eigenvalue weighted by atomic mass is 9.94. The number of hydrogen-bond donors (Lipinski definition) is 3. The lowest BCUT2D eigenvalue weighted by Gasteiger charge is -2.24. The number of amides is 1. The van der Waals surface area contributed by atoms with E-state index < -0.39 is 5.60 Å². The van der Waals surface area contributed by atoms with E-state index in [-0.39, 0.29) is 12.5 Å². The van der Waals surface area contributed by atoms with Crippen molar-refractivity contribution in [2.45, 2.75) is 18.9 Å². The van der Waals surface area contributed by atoms with E-state index in [2.05, 4.69) is 5.43 Å². The van der Waals surface area contributed by atoms with Crippen LogP contribution in [0.4, 0.5) is 5.69 Å². The Morgan fingerprint density at radius 3 is 2.94 bits per heavy atom. The zero-order chi connectivity index (χ0) is 12.6. The molecule has 0 aliphatic carbocycles. The van der Waals surface area contributed by atoms with Crippen molar-refractivity contribution >= 4 is 11.6 Å². The van der Waals surface area contributed by atoms with Crippen LogP contribution in [0.1, 0.15) is 18.1 Å². The van der Waals surface area contributed by atoms with Crippen molar-refractivity contribution in [1.82, 2.24) is 5.43 Å². The van der Waals surface area contributed by atoms with Crippen LogP contribution in [-0.2, 0) is 16.8 Å². The summed E-state index contributed by atoms with van der Waals surface area (Å²) < 4.78 is 0. The number of rotatable bonds is 3. The summed E-state index contributed by atoms with van der Waals surface area (Å²) in [6.45, 7) is 1.95. The number of hydrazine groups is 1. The Bertz CT molecular complexity index is 457. The number of likely N-dealkylation sites (N-methyl/N-ethyl adjacent to an activating group) is 1. The number of carbonyl (C=O) groups is 1. The first kappa shape index (κ1) is 12.0. The number of aliphatic hydroxyl groups is 1. The van der Waals surface area contributed by atoms with Crippen LogP contribution in [0.15, 0.2) is 18.2 Å². The van der Waals surface area contributed by atoms with Crippen LogP contribution >= 0.6 is 0 Å². The zero-order valence-corrected chi connectivity index (χ0v) is 10.0. The molecule has 0 fully saturated rings. The smallest absolute Gasteiger partial charge is 0.231 e. The van der Waals surface area contributed by atoms with Crippen molar-refractivity contribution in [3.05, 3.63) is 29.3 Å². The number of anilines is 1. The molecule has 1 aliphatic heterocycles. The Labute approximate surface area is 100 Å². The topological polar surface area (TPSA) is 78.6 Å². The van der Waals surface area contributed by atoms with Crippen LogP contribution in [0.3, 0.4) is 0 Å². The van der Waals surface area contributed by atoms with Gasteiger partial charge in [-0.25, -0.2) is 0 Å². The molecule has 1 unspecified atom stereocenters. The molecule has 1 amide bonds. The highest BCUT2D eigenvalue weighted by atomic mass is 16.3. The molecule has 1 aromatic carbocycles. The Morgan fingerprint density at radius 1 is 1.59 bits per heavy atom. The van der Waals surface area contributed by atoms with Gasteiger partial charge in [-0.3, -0.25) is 16.1 Å². The molecule has 0 bridgehead atoms. The highest BCUT2D eigenvalue weighted by Crippen LogP contribution is 2.31. The molecular weight excluding hydrogens is 218 g/mol. The minimum Gasteiger partial charge on any atom is -0.384 e. The van der Waals surface area contributed by atoms with Crippen LogP contribution in [0, 0.1) is 0 Å². The van der Waals surface area contributed by atoms with Gasteiger partial charge in [0.15, 0.2) is 0 Å². The molecule has 1 aromatic rings. The van der Waals surface area contributed by atoms with E-state index in [1.807, 2.05) is 18.2 Å². The number of nitrogens with zero attached hydrogens (tertiary/aromatic N) is 1. The molecule has 0 radical (unpaired) electrons. The predicted octanol–water partition coefficient (Wildman–Crippen LogP) is -0.124. The first-order valence-electron chi connectivity index (χ1n) is 5.51. The summed E-state index contributed by atoms with van der Waals surface area (Å²) in [6, 6.07) is 5.56. The fourth-order valence-electron chi connectivity index (χ4n) is 2.11. The monoisotopic (exact) mass is 235 g/mol. The molecule has 4 N–H and O–H groups in total. The van der Waals surface area contributed by atoms with Crippen LogP contribution in [-0.4, -0.2) is 24.6 Å². The summed E-state index contributed by atoms with van der Waals surface area (Å²) in [5, 5.41) is 10.2. The second kappa shape index (κ2) is 4.10. The zero-order valence-electron chi connectivity index (χ0n) is 10.0. The van der Waals surface area contributed by atoms with Crippen molar-refractivity contribution in [2.75, 3.05) is 18.5 Å². The van der Waals surface area contributed by atoms with Gasteiger partial charge in [0.2, 0.25) is 5.91 Å². The average molecular weight is 235 g/mol. The number of carbonyl (C=O) groups excluding carboxylic acids is 1. The highest BCUT2D eigenvalue weighted by molar-refractivity contribution is 6.00. The number of benzene rings is 1. The maximum absolute atomic E-state index is 11.5. The minimum atomic E-state index is -1.03. The minimum absolute atomic E-state index is 0.0775. The first-order chi connectivity index (χ1) is 7.95. The van der Waals surface area contributed by atoms with Gasteiger partial charge in [-0.05, 0) is 24.1 Å². The van der Waals surface area contributed by atoms with E-state index in [4.69, 9.17) is 5.84 Å². The van der Waals surface area contributed by atoms with Crippen molar-refractivity contribution in [1.29, 1.82) is 0 Å². The predicted molar refractivity (Wildman–Crippen MR) is 65.3 cm³/mol. The van der Waals surface area contributed by atoms with E-state index in [9.17, 15) is 9.90 Å². The Hall–Kier alpha value is -1.43. The van der Waals surface area contributed by atoms with Gasteiger partial charge in [0.1, 0.15) is 5.60 Å². The summed E-state index contributed by atoms with van der Waals surface area (Å²) in [7, 11) is 1.76. The molecule has 2 rings (SSSR count). The first-order valence-corrected chi connectivity index (χ1v) is 5.51. The molecule has 0 saturated carbocycles. The van der Waals surface area contributed by atoms with Gasteiger partial charge in [-0.15, -0.1) is 0 Å². The number of nitrogens with one attached hydrogen (secondary N) is 1. The van der Waals surface area contributed by atoms with E-state index in [1.165, 1.54) is 0 Å². The molecule has 92 valence electrons. The fraction of sp³-hybridized carbons (Fsp3) is 0.417. The van der Waals surface area contributed by atoms with Crippen LogP contribution in [0.5, 0.6) is 0 Å². The molecule has 5 heteroatoms.